The van der Waals surface area contributed by atoms with E-state index in [-0.39, 0.29) is 24.0 Å². The largest absolute Gasteiger partial charge is 0.508 e. The van der Waals surface area contributed by atoms with Gasteiger partial charge in [-0.1, -0.05) is 0 Å². The van der Waals surface area contributed by atoms with Crippen LogP contribution in [0.3, 0.4) is 0 Å². The van der Waals surface area contributed by atoms with Gasteiger partial charge in [0.1, 0.15) is 5.75 Å². The van der Waals surface area contributed by atoms with Crippen LogP contribution < -0.4 is 0 Å². The zero-order chi connectivity index (χ0) is 19.1. The Morgan fingerprint density at radius 3 is 2.65 bits per heavy atom. The molecule has 1 saturated heterocycles. The predicted octanol–water partition coefficient (Wildman–Crippen LogP) is 1.51. The second-order valence-corrected chi connectivity index (χ2v) is 6.48. The van der Waals surface area contributed by atoms with Crippen LogP contribution in [0.5, 0.6) is 5.75 Å². The van der Waals surface area contributed by atoms with Crippen LogP contribution in [-0.4, -0.2) is 84.2 Å². The molecule has 1 fully saturated rings. The Bertz CT molecular complexity index is 632. The average Bonchev–Trinajstić information content (AvgIpc) is 2.61. The van der Waals surface area contributed by atoms with Crippen LogP contribution in [0.4, 0.5) is 10.5 Å². The zero-order valence-electron chi connectivity index (χ0n) is 15.3. The highest BCUT2D eigenvalue weighted by Gasteiger charge is 2.22. The molecule has 2 rings (SSSR count). The van der Waals surface area contributed by atoms with Crippen LogP contribution in [-0.2, 0) is 11.3 Å². The standard InChI is InChI=1S/C17H26N4O5/c1-18(2)17(23)20(7-3-6-19-8-10-26-11-9-19)13-14-12-15(22)4-5-16(14)21(24)25/h4-5,12,22H,3,6-11,13H2,1-2H3. The Morgan fingerprint density at radius 1 is 1.35 bits per heavy atom. The maximum atomic E-state index is 12.5. The number of phenolic OH excluding ortho intramolecular Hbond substituents is 1. The lowest BCUT2D eigenvalue weighted by atomic mass is 10.1. The number of nitrogens with zero attached hydrogens (tertiary/aromatic N) is 4. The number of amides is 2. The molecule has 144 valence electrons. The van der Waals surface area contributed by atoms with Crippen molar-refractivity contribution in [3.63, 3.8) is 0 Å². The van der Waals surface area contributed by atoms with E-state index in [2.05, 4.69) is 4.90 Å². The van der Waals surface area contributed by atoms with E-state index < -0.39 is 4.92 Å². The molecule has 1 aliphatic heterocycles. The first-order valence-corrected chi connectivity index (χ1v) is 8.61. The van der Waals surface area contributed by atoms with Crippen LogP contribution >= 0.6 is 0 Å². The molecule has 9 heteroatoms. The summed E-state index contributed by atoms with van der Waals surface area (Å²) in [6, 6.07) is 3.66. The smallest absolute Gasteiger partial charge is 0.319 e. The zero-order valence-corrected chi connectivity index (χ0v) is 15.3. The molecule has 0 bridgehead atoms. The summed E-state index contributed by atoms with van der Waals surface area (Å²) in [5, 5.41) is 20.9. The maximum absolute atomic E-state index is 12.5. The Hall–Kier alpha value is -2.39. The summed E-state index contributed by atoms with van der Waals surface area (Å²) < 4.78 is 5.32. The number of ether oxygens (including phenoxy) is 1. The summed E-state index contributed by atoms with van der Waals surface area (Å²) in [5.74, 6) is -0.0591. The normalized spacial score (nSPS) is 14.8. The molecule has 0 unspecified atom stereocenters. The van der Waals surface area contributed by atoms with Gasteiger partial charge in [-0.2, -0.15) is 0 Å². The van der Waals surface area contributed by atoms with Gasteiger partial charge in [-0.05, 0) is 18.6 Å². The summed E-state index contributed by atoms with van der Waals surface area (Å²) in [4.78, 5) is 28.5. The SMILES string of the molecule is CN(C)C(=O)N(CCCN1CCOCC1)Cc1cc(O)ccc1[N+](=O)[O-]. The summed E-state index contributed by atoms with van der Waals surface area (Å²) in [7, 11) is 3.29. The first-order chi connectivity index (χ1) is 12.4. The lowest BCUT2D eigenvalue weighted by Crippen LogP contribution is -2.41. The number of rotatable bonds is 7. The molecule has 26 heavy (non-hydrogen) atoms. The molecule has 9 nitrogen and oxygen atoms in total. The van der Waals surface area contributed by atoms with E-state index in [1.165, 1.54) is 23.1 Å². The van der Waals surface area contributed by atoms with E-state index >= 15 is 0 Å². The molecule has 1 aromatic rings. The molecule has 0 atom stereocenters. The van der Waals surface area contributed by atoms with Gasteiger partial charge < -0.3 is 19.6 Å². The number of nitro groups is 1. The molecular weight excluding hydrogens is 340 g/mol. The summed E-state index contributed by atoms with van der Waals surface area (Å²) >= 11 is 0. The molecule has 1 heterocycles. The van der Waals surface area contributed by atoms with Crippen molar-refractivity contribution in [1.82, 2.24) is 14.7 Å². The highest BCUT2D eigenvalue weighted by molar-refractivity contribution is 5.74. The fourth-order valence-corrected chi connectivity index (χ4v) is 2.92. The molecule has 0 aromatic heterocycles. The van der Waals surface area contributed by atoms with Crippen molar-refractivity contribution in [2.45, 2.75) is 13.0 Å². The average molecular weight is 366 g/mol. The van der Waals surface area contributed by atoms with Gasteiger partial charge in [0.05, 0.1) is 30.2 Å². The van der Waals surface area contributed by atoms with Gasteiger partial charge in [0.2, 0.25) is 0 Å². The molecule has 0 spiro atoms. The van der Waals surface area contributed by atoms with Gasteiger partial charge in [0.15, 0.2) is 0 Å². The summed E-state index contributed by atoms with van der Waals surface area (Å²) in [6.45, 7) is 4.57. The number of phenols is 1. The van der Waals surface area contributed by atoms with E-state index in [1.54, 1.807) is 19.0 Å². The minimum atomic E-state index is -0.499. The van der Waals surface area contributed by atoms with Crippen molar-refractivity contribution >= 4 is 11.7 Å². The molecule has 1 N–H and O–H groups in total. The Balaban J connectivity index is 2.06. The highest BCUT2D eigenvalue weighted by Crippen LogP contribution is 2.25. The van der Waals surface area contributed by atoms with E-state index in [0.29, 0.717) is 12.1 Å². The fourth-order valence-electron chi connectivity index (χ4n) is 2.92. The van der Waals surface area contributed by atoms with Gasteiger partial charge in [-0.15, -0.1) is 0 Å². The number of carbonyl (C=O) groups is 1. The topological polar surface area (TPSA) is 99.4 Å². The van der Waals surface area contributed by atoms with Gasteiger partial charge in [-0.3, -0.25) is 15.0 Å². The second kappa shape index (κ2) is 9.35. The monoisotopic (exact) mass is 366 g/mol. The number of benzene rings is 1. The second-order valence-electron chi connectivity index (χ2n) is 6.48. The maximum Gasteiger partial charge on any atom is 0.319 e. The first-order valence-electron chi connectivity index (χ1n) is 8.61. The van der Waals surface area contributed by atoms with Crippen molar-refractivity contribution in [3.8, 4) is 5.75 Å². The highest BCUT2D eigenvalue weighted by atomic mass is 16.6. The number of urea groups is 1. The van der Waals surface area contributed by atoms with Crippen molar-refractivity contribution in [1.29, 1.82) is 0 Å². The van der Waals surface area contributed by atoms with Crippen molar-refractivity contribution in [3.05, 3.63) is 33.9 Å². The molecule has 1 aliphatic rings. The lowest BCUT2D eigenvalue weighted by molar-refractivity contribution is -0.385. The Kier molecular flexibility index (Phi) is 7.16. The Morgan fingerprint density at radius 2 is 2.04 bits per heavy atom. The predicted molar refractivity (Wildman–Crippen MR) is 96.1 cm³/mol. The van der Waals surface area contributed by atoms with Gasteiger partial charge in [0.25, 0.3) is 5.69 Å². The van der Waals surface area contributed by atoms with Crippen molar-refractivity contribution < 1.29 is 19.6 Å². The number of carbonyl (C=O) groups excluding carboxylic acids is 1. The number of hydrogen-bond donors (Lipinski definition) is 1. The first kappa shape index (κ1) is 19.9. The third-order valence-electron chi connectivity index (χ3n) is 4.28. The number of hydrogen-bond acceptors (Lipinski definition) is 6. The number of nitro benzene ring substituents is 1. The van der Waals surface area contributed by atoms with E-state index in [1.807, 2.05) is 0 Å². The van der Waals surface area contributed by atoms with Crippen molar-refractivity contribution in [2.24, 2.45) is 0 Å². The minimum absolute atomic E-state index is 0.0591. The Labute approximate surface area is 152 Å². The quantitative estimate of drug-likeness (QED) is 0.580. The van der Waals surface area contributed by atoms with Gasteiger partial charge >= 0.3 is 6.03 Å². The van der Waals surface area contributed by atoms with Crippen LogP contribution in [0.1, 0.15) is 12.0 Å². The van der Waals surface area contributed by atoms with Crippen LogP contribution in [0, 0.1) is 10.1 Å². The van der Waals surface area contributed by atoms with Crippen LogP contribution in [0.25, 0.3) is 0 Å². The number of morpholine rings is 1. The van der Waals surface area contributed by atoms with E-state index in [9.17, 15) is 20.0 Å². The van der Waals surface area contributed by atoms with E-state index in [4.69, 9.17) is 4.74 Å². The molecular formula is C17H26N4O5. The molecule has 0 saturated carbocycles. The summed E-state index contributed by atoms with van der Waals surface area (Å²) in [5.41, 5.74) is 0.212. The van der Waals surface area contributed by atoms with Gasteiger partial charge in [-0.25, -0.2) is 4.79 Å². The third-order valence-corrected chi connectivity index (χ3v) is 4.28. The fraction of sp³-hybridized carbons (Fsp3) is 0.588. The third kappa shape index (κ3) is 5.57. The number of aromatic hydroxyl groups is 1. The van der Waals surface area contributed by atoms with Crippen LogP contribution in [0.15, 0.2) is 18.2 Å². The molecule has 1 aromatic carbocycles. The lowest BCUT2D eigenvalue weighted by Gasteiger charge is -2.29. The molecule has 2 amide bonds. The summed E-state index contributed by atoms with van der Waals surface area (Å²) in [6.07, 6.45) is 0.756. The van der Waals surface area contributed by atoms with Crippen molar-refractivity contribution in [2.75, 3.05) is 53.5 Å². The van der Waals surface area contributed by atoms with Gasteiger partial charge in [0, 0.05) is 46.3 Å². The molecule has 0 aliphatic carbocycles. The van der Waals surface area contributed by atoms with E-state index in [0.717, 1.165) is 39.3 Å². The molecule has 0 radical (unpaired) electrons. The minimum Gasteiger partial charge on any atom is -0.508 e. The van der Waals surface area contributed by atoms with Crippen LogP contribution in [0.2, 0.25) is 0 Å².